The van der Waals surface area contributed by atoms with Gasteiger partial charge >= 0.3 is 0 Å². The number of unbranched alkanes of at least 4 members (excludes halogenated alkanes) is 1. The van der Waals surface area contributed by atoms with Crippen LogP contribution in [0.4, 0.5) is 0 Å². The topological polar surface area (TPSA) is 158 Å². The predicted molar refractivity (Wildman–Crippen MR) is 193 cm³/mol. The third-order valence-corrected chi connectivity index (χ3v) is 10.1. The van der Waals surface area contributed by atoms with Crippen molar-refractivity contribution < 1.29 is 19.2 Å². The maximum absolute atomic E-state index is 15.1. The van der Waals surface area contributed by atoms with E-state index in [0.29, 0.717) is 45.3 Å². The minimum Gasteiger partial charge on any atom is -0.368 e. The molecule has 0 bridgehead atoms. The summed E-state index contributed by atoms with van der Waals surface area (Å²) in [7, 11) is 0. The van der Waals surface area contributed by atoms with Crippen molar-refractivity contribution in [2.75, 3.05) is 32.7 Å². The number of para-hydroxylation sites is 1. The van der Waals surface area contributed by atoms with E-state index in [1.165, 1.54) is 0 Å². The first-order valence-electron chi connectivity index (χ1n) is 17.6. The lowest BCUT2D eigenvalue weighted by Gasteiger charge is -2.46. The summed E-state index contributed by atoms with van der Waals surface area (Å²) >= 11 is 0. The lowest BCUT2D eigenvalue weighted by molar-refractivity contribution is -0.160. The molecule has 11 heteroatoms. The van der Waals surface area contributed by atoms with Gasteiger partial charge in [-0.2, -0.15) is 0 Å². The second kappa shape index (κ2) is 16.1. The van der Waals surface area contributed by atoms with Crippen LogP contribution in [0, 0.1) is 0 Å². The summed E-state index contributed by atoms with van der Waals surface area (Å²) < 4.78 is 0. The number of hydrogen-bond acceptors (Lipinski definition) is 6. The molecule has 4 aromatic rings. The van der Waals surface area contributed by atoms with E-state index in [-0.39, 0.29) is 43.7 Å². The Morgan fingerprint density at radius 3 is 2.14 bits per heavy atom. The third kappa shape index (κ3) is 7.74. The number of amides is 4. The fourth-order valence-electron chi connectivity index (χ4n) is 7.45. The molecule has 3 heterocycles. The fraction of sp³-hybridized carbons (Fsp3) is 0.385. The van der Waals surface area contributed by atoms with Crippen molar-refractivity contribution in [3.05, 3.63) is 108 Å². The van der Waals surface area contributed by atoms with Gasteiger partial charge in [-0.15, -0.1) is 0 Å². The first-order valence-corrected chi connectivity index (χ1v) is 17.6. The van der Waals surface area contributed by atoms with Gasteiger partial charge in [-0.1, -0.05) is 78.9 Å². The number of hydrogen-bond donors (Lipinski definition) is 4. The number of nitrogens with one attached hydrogen (secondary N) is 2. The number of aromatic amines is 1. The molecule has 50 heavy (non-hydrogen) atoms. The van der Waals surface area contributed by atoms with E-state index in [1.807, 2.05) is 91.1 Å². The van der Waals surface area contributed by atoms with Gasteiger partial charge in [0.1, 0.15) is 18.1 Å². The standard InChI is InChI=1S/C39H47N7O4/c40-18-10-9-17-33(36(41)47)45-21-22-46(34(38(45)49)24-28-13-5-2-6-14-28)39(50)35(25-29-26-43-31-16-8-7-15-30(29)31)44-20-19-42-32(37(44)48)23-27-11-3-1-4-12-27/h1-8,11-16,26,32-35,42-43H,9-10,17-25,40H2,(H2,41,47)/t32-,33-,34-,35-/m0/s1. The molecule has 0 radical (unpaired) electrons. The molecule has 0 aliphatic carbocycles. The third-order valence-electron chi connectivity index (χ3n) is 10.1. The van der Waals surface area contributed by atoms with Crippen molar-refractivity contribution in [1.82, 2.24) is 25.0 Å². The van der Waals surface area contributed by atoms with E-state index in [0.717, 1.165) is 27.6 Å². The zero-order valence-corrected chi connectivity index (χ0v) is 28.4. The zero-order valence-electron chi connectivity index (χ0n) is 28.4. The van der Waals surface area contributed by atoms with Crippen LogP contribution in [0.25, 0.3) is 10.9 Å². The number of fused-ring (bicyclic) bond motifs is 1. The molecule has 0 spiro atoms. The summed E-state index contributed by atoms with van der Waals surface area (Å²) in [5.74, 6) is -1.31. The lowest BCUT2D eigenvalue weighted by Crippen LogP contribution is -2.67. The van der Waals surface area contributed by atoms with Crippen LogP contribution >= 0.6 is 0 Å². The average Bonchev–Trinajstić information content (AvgIpc) is 3.54. The number of nitrogens with zero attached hydrogens (tertiary/aromatic N) is 3. The maximum atomic E-state index is 15.1. The Bertz CT molecular complexity index is 1780. The SMILES string of the molecule is NCCCC[C@@H](C(N)=O)N1CCN(C(=O)[C@H](Cc2c[nH]c3ccccc23)N2CCN[C@@H](Cc3ccccc3)C2=O)[C@@H](Cc2ccccc2)C1=O. The minimum absolute atomic E-state index is 0.142. The van der Waals surface area contributed by atoms with Crippen molar-refractivity contribution in [2.45, 2.75) is 62.7 Å². The number of primary amides is 1. The molecule has 2 aliphatic heterocycles. The molecular formula is C39H47N7O4. The van der Waals surface area contributed by atoms with Crippen molar-refractivity contribution in [3.8, 4) is 0 Å². The Morgan fingerprint density at radius 1 is 0.780 bits per heavy atom. The number of aromatic nitrogens is 1. The summed E-state index contributed by atoms with van der Waals surface area (Å²) in [4.78, 5) is 64.7. The Kier molecular flexibility index (Phi) is 11.2. The molecule has 262 valence electrons. The predicted octanol–water partition coefficient (Wildman–Crippen LogP) is 2.39. The molecule has 4 amide bonds. The Hall–Kier alpha value is -5.00. The second-order valence-corrected chi connectivity index (χ2v) is 13.3. The quantitative estimate of drug-likeness (QED) is 0.150. The van der Waals surface area contributed by atoms with Crippen molar-refractivity contribution in [3.63, 3.8) is 0 Å². The van der Waals surface area contributed by atoms with E-state index in [2.05, 4.69) is 10.3 Å². The summed E-state index contributed by atoms with van der Waals surface area (Å²) in [6.07, 6.45) is 4.72. The summed E-state index contributed by atoms with van der Waals surface area (Å²) in [6.45, 7) is 1.74. The van der Waals surface area contributed by atoms with Gasteiger partial charge < -0.3 is 36.5 Å². The van der Waals surface area contributed by atoms with E-state index >= 15 is 4.79 Å². The van der Waals surface area contributed by atoms with Crippen LogP contribution in [-0.4, -0.2) is 100 Å². The van der Waals surface area contributed by atoms with Gasteiger partial charge in [-0.05, 0) is 55.0 Å². The number of piperazine rings is 2. The summed E-state index contributed by atoms with van der Waals surface area (Å²) in [5, 5.41) is 4.36. The molecule has 1 aromatic heterocycles. The smallest absolute Gasteiger partial charge is 0.246 e. The van der Waals surface area contributed by atoms with Gasteiger partial charge in [-0.3, -0.25) is 19.2 Å². The van der Waals surface area contributed by atoms with E-state index in [9.17, 15) is 14.4 Å². The van der Waals surface area contributed by atoms with Gasteiger partial charge in [0, 0.05) is 56.1 Å². The Balaban J connectivity index is 1.34. The Morgan fingerprint density at radius 2 is 1.44 bits per heavy atom. The molecule has 6 N–H and O–H groups in total. The van der Waals surface area contributed by atoms with E-state index in [4.69, 9.17) is 11.5 Å². The largest absolute Gasteiger partial charge is 0.368 e. The van der Waals surface area contributed by atoms with Crippen LogP contribution in [0.5, 0.6) is 0 Å². The minimum atomic E-state index is -0.876. The molecule has 2 aliphatic rings. The van der Waals surface area contributed by atoms with Gasteiger partial charge in [0.05, 0.1) is 6.04 Å². The summed E-state index contributed by atoms with van der Waals surface area (Å²) in [6, 6.07) is 24.3. The normalized spacial score (nSPS) is 19.5. The van der Waals surface area contributed by atoms with Crippen molar-refractivity contribution in [1.29, 1.82) is 0 Å². The monoisotopic (exact) mass is 677 g/mol. The van der Waals surface area contributed by atoms with Gasteiger partial charge in [-0.25, -0.2) is 0 Å². The van der Waals surface area contributed by atoms with Crippen LogP contribution in [0.1, 0.15) is 36.0 Å². The first kappa shape index (κ1) is 34.8. The van der Waals surface area contributed by atoms with Crippen LogP contribution in [0.2, 0.25) is 0 Å². The highest BCUT2D eigenvalue weighted by atomic mass is 16.2. The second-order valence-electron chi connectivity index (χ2n) is 13.3. The highest BCUT2D eigenvalue weighted by molar-refractivity contribution is 5.96. The number of carbonyl (C=O) groups is 4. The molecule has 6 rings (SSSR count). The number of nitrogens with two attached hydrogens (primary N) is 2. The number of H-pyrrole nitrogens is 1. The average molecular weight is 678 g/mol. The van der Waals surface area contributed by atoms with Crippen LogP contribution < -0.4 is 16.8 Å². The van der Waals surface area contributed by atoms with Gasteiger partial charge in [0.2, 0.25) is 23.6 Å². The molecule has 11 nitrogen and oxygen atoms in total. The van der Waals surface area contributed by atoms with Crippen LogP contribution in [0.15, 0.2) is 91.1 Å². The molecule has 0 unspecified atom stereocenters. The molecule has 2 saturated heterocycles. The number of benzene rings is 3. The van der Waals surface area contributed by atoms with E-state index in [1.54, 1.807) is 14.7 Å². The van der Waals surface area contributed by atoms with Gasteiger partial charge in [0.25, 0.3) is 0 Å². The van der Waals surface area contributed by atoms with Crippen molar-refractivity contribution in [2.24, 2.45) is 11.5 Å². The zero-order chi connectivity index (χ0) is 35.0. The van der Waals surface area contributed by atoms with Crippen LogP contribution in [0.3, 0.4) is 0 Å². The lowest BCUT2D eigenvalue weighted by atomic mass is 9.95. The van der Waals surface area contributed by atoms with E-state index < -0.39 is 30.1 Å². The molecule has 0 saturated carbocycles. The highest BCUT2D eigenvalue weighted by Gasteiger charge is 2.45. The molecule has 2 fully saturated rings. The summed E-state index contributed by atoms with van der Waals surface area (Å²) in [5.41, 5.74) is 15.3. The van der Waals surface area contributed by atoms with Crippen LogP contribution in [-0.2, 0) is 38.4 Å². The molecule has 4 atom stereocenters. The van der Waals surface area contributed by atoms with Crippen molar-refractivity contribution >= 4 is 34.5 Å². The number of rotatable bonds is 14. The maximum Gasteiger partial charge on any atom is 0.246 e. The van der Waals surface area contributed by atoms with Gasteiger partial charge in [0.15, 0.2) is 0 Å². The Labute approximate surface area is 293 Å². The first-order chi connectivity index (χ1) is 24.4. The molecular weight excluding hydrogens is 630 g/mol. The molecule has 3 aromatic carbocycles. The fourth-order valence-corrected chi connectivity index (χ4v) is 7.45. The highest BCUT2D eigenvalue weighted by Crippen LogP contribution is 2.27. The number of carbonyl (C=O) groups excluding carboxylic acids is 4.